The molecule has 0 aliphatic carbocycles. The van der Waals surface area contributed by atoms with Crippen LogP contribution in [0.5, 0.6) is 0 Å². The number of furan rings is 1. The number of hydrogen-bond donors (Lipinski definition) is 0. The van der Waals surface area contributed by atoms with Gasteiger partial charge >= 0.3 is 5.97 Å². The average molecular weight is 210 g/mol. The Balaban J connectivity index is 2.34. The van der Waals surface area contributed by atoms with Crippen LogP contribution in [0, 0.1) is 5.92 Å². The van der Waals surface area contributed by atoms with E-state index in [1.165, 1.54) is 0 Å². The van der Waals surface area contributed by atoms with E-state index in [0.29, 0.717) is 18.3 Å². The van der Waals surface area contributed by atoms with Crippen molar-refractivity contribution in [2.75, 3.05) is 6.61 Å². The molecule has 1 aromatic rings. The summed E-state index contributed by atoms with van der Waals surface area (Å²) < 4.78 is 10.3. The van der Waals surface area contributed by atoms with E-state index < -0.39 is 0 Å². The molecule has 15 heavy (non-hydrogen) atoms. The van der Waals surface area contributed by atoms with E-state index in [-0.39, 0.29) is 11.9 Å². The Kier molecular flexibility index (Phi) is 4.40. The van der Waals surface area contributed by atoms with Gasteiger partial charge in [0.25, 0.3) is 0 Å². The predicted molar refractivity (Wildman–Crippen MR) is 57.5 cm³/mol. The zero-order valence-corrected chi connectivity index (χ0v) is 9.53. The van der Waals surface area contributed by atoms with Gasteiger partial charge in [0.1, 0.15) is 11.7 Å². The lowest BCUT2D eigenvalue weighted by molar-refractivity contribution is -0.145. The molecule has 1 heterocycles. The number of carbonyl (C=O) groups excluding carboxylic acids is 1. The van der Waals surface area contributed by atoms with E-state index in [1.54, 1.807) is 25.3 Å². The fourth-order valence-corrected chi connectivity index (χ4v) is 1.17. The van der Waals surface area contributed by atoms with Gasteiger partial charge in [0.15, 0.2) is 0 Å². The summed E-state index contributed by atoms with van der Waals surface area (Å²) in [7, 11) is 0. The van der Waals surface area contributed by atoms with Crippen LogP contribution >= 0.6 is 0 Å². The third-order valence-electron chi connectivity index (χ3n) is 2.26. The quantitative estimate of drug-likeness (QED) is 0.701. The molecule has 0 aromatic carbocycles. The van der Waals surface area contributed by atoms with Gasteiger partial charge in [-0.15, -0.1) is 0 Å². The topological polar surface area (TPSA) is 39.4 Å². The zero-order valence-electron chi connectivity index (χ0n) is 9.53. The van der Waals surface area contributed by atoms with Gasteiger partial charge in [0.05, 0.1) is 12.9 Å². The molecule has 3 heteroatoms. The highest BCUT2D eigenvalue weighted by atomic mass is 16.5. The van der Waals surface area contributed by atoms with Crippen LogP contribution < -0.4 is 0 Å². The second-order valence-electron chi connectivity index (χ2n) is 4.09. The molecule has 1 atom stereocenters. The van der Waals surface area contributed by atoms with Crippen LogP contribution in [-0.4, -0.2) is 12.6 Å². The molecule has 3 nitrogen and oxygen atoms in total. The molecular formula is C12H18O3. The Hall–Kier alpha value is -1.25. The van der Waals surface area contributed by atoms with Crippen molar-refractivity contribution in [3.8, 4) is 0 Å². The summed E-state index contributed by atoms with van der Waals surface area (Å²) in [6.45, 7) is 6.48. The summed E-state index contributed by atoms with van der Waals surface area (Å²) in [6, 6.07) is 3.56. The molecule has 0 fully saturated rings. The van der Waals surface area contributed by atoms with Gasteiger partial charge in [-0.05, 0) is 31.4 Å². The lowest BCUT2D eigenvalue weighted by atomic mass is 10.1. The van der Waals surface area contributed by atoms with Crippen LogP contribution in [0.2, 0.25) is 0 Å². The number of carbonyl (C=O) groups is 1. The minimum Gasteiger partial charge on any atom is -0.468 e. The Morgan fingerprint density at radius 3 is 2.73 bits per heavy atom. The molecule has 0 saturated carbocycles. The molecule has 0 amide bonds. The average Bonchev–Trinajstić information content (AvgIpc) is 2.68. The first-order chi connectivity index (χ1) is 7.11. The van der Waals surface area contributed by atoms with E-state index in [4.69, 9.17) is 9.15 Å². The first kappa shape index (κ1) is 11.8. The molecule has 1 rings (SSSR count). The highest BCUT2D eigenvalue weighted by molar-refractivity contribution is 5.76. The zero-order chi connectivity index (χ0) is 11.3. The van der Waals surface area contributed by atoms with Gasteiger partial charge in [-0.3, -0.25) is 4.79 Å². The maximum absolute atomic E-state index is 11.5. The normalized spacial score (nSPS) is 12.8. The van der Waals surface area contributed by atoms with E-state index >= 15 is 0 Å². The summed E-state index contributed by atoms with van der Waals surface area (Å²) in [6.07, 6.45) is 2.46. The molecule has 1 aromatic heterocycles. The highest BCUT2D eigenvalue weighted by Crippen LogP contribution is 2.17. The third kappa shape index (κ3) is 3.78. The molecule has 0 bridgehead atoms. The van der Waals surface area contributed by atoms with Gasteiger partial charge in [-0.1, -0.05) is 13.8 Å². The lowest BCUT2D eigenvalue weighted by Crippen LogP contribution is -2.14. The molecule has 84 valence electrons. The monoisotopic (exact) mass is 210 g/mol. The lowest BCUT2D eigenvalue weighted by Gasteiger charge is -2.10. The second-order valence-corrected chi connectivity index (χ2v) is 4.09. The maximum Gasteiger partial charge on any atom is 0.316 e. The first-order valence-electron chi connectivity index (χ1n) is 5.31. The van der Waals surface area contributed by atoms with Crippen molar-refractivity contribution in [2.24, 2.45) is 5.92 Å². The Morgan fingerprint density at radius 1 is 1.47 bits per heavy atom. The SMILES string of the molecule is CC(C)CCOC(=O)C(C)c1ccco1. The Labute approximate surface area is 90.4 Å². The number of esters is 1. The van der Waals surface area contributed by atoms with E-state index in [2.05, 4.69) is 13.8 Å². The smallest absolute Gasteiger partial charge is 0.316 e. The van der Waals surface area contributed by atoms with Gasteiger partial charge in [0.2, 0.25) is 0 Å². The number of rotatable bonds is 5. The van der Waals surface area contributed by atoms with Crippen molar-refractivity contribution in [3.63, 3.8) is 0 Å². The van der Waals surface area contributed by atoms with E-state index in [1.807, 2.05) is 0 Å². The van der Waals surface area contributed by atoms with Crippen molar-refractivity contribution in [2.45, 2.75) is 33.1 Å². The maximum atomic E-state index is 11.5. The number of hydrogen-bond acceptors (Lipinski definition) is 3. The van der Waals surface area contributed by atoms with Crippen molar-refractivity contribution >= 4 is 5.97 Å². The Morgan fingerprint density at radius 2 is 2.20 bits per heavy atom. The van der Waals surface area contributed by atoms with Crippen LogP contribution in [0.3, 0.4) is 0 Å². The van der Waals surface area contributed by atoms with Crippen LogP contribution in [0.25, 0.3) is 0 Å². The molecule has 0 saturated heterocycles. The molecule has 1 unspecified atom stereocenters. The van der Waals surface area contributed by atoms with E-state index in [9.17, 15) is 4.79 Å². The van der Waals surface area contributed by atoms with Crippen molar-refractivity contribution < 1.29 is 13.9 Å². The minimum atomic E-state index is -0.313. The second kappa shape index (κ2) is 5.59. The van der Waals surface area contributed by atoms with E-state index in [0.717, 1.165) is 6.42 Å². The van der Waals surface area contributed by atoms with Crippen LogP contribution in [0.4, 0.5) is 0 Å². The molecule has 0 aliphatic rings. The summed E-state index contributed by atoms with van der Waals surface area (Å²) >= 11 is 0. The first-order valence-corrected chi connectivity index (χ1v) is 5.31. The van der Waals surface area contributed by atoms with Gasteiger partial charge in [-0.2, -0.15) is 0 Å². The molecule has 0 aliphatic heterocycles. The number of ether oxygens (including phenoxy) is 1. The predicted octanol–water partition coefficient (Wildman–Crippen LogP) is 2.97. The molecule has 0 spiro atoms. The largest absolute Gasteiger partial charge is 0.468 e. The van der Waals surface area contributed by atoms with Crippen LogP contribution in [0.15, 0.2) is 22.8 Å². The molecular weight excluding hydrogens is 192 g/mol. The minimum absolute atomic E-state index is 0.217. The van der Waals surface area contributed by atoms with Gasteiger partial charge in [-0.25, -0.2) is 0 Å². The van der Waals surface area contributed by atoms with Gasteiger partial charge in [0, 0.05) is 0 Å². The standard InChI is InChI=1S/C12H18O3/c1-9(2)6-8-15-12(13)10(3)11-5-4-7-14-11/h4-5,7,9-10H,6,8H2,1-3H3. The Bertz CT molecular complexity index is 288. The fourth-order valence-electron chi connectivity index (χ4n) is 1.17. The van der Waals surface area contributed by atoms with Crippen LogP contribution in [0.1, 0.15) is 38.9 Å². The summed E-state index contributed by atoms with van der Waals surface area (Å²) in [5.74, 6) is 0.680. The summed E-state index contributed by atoms with van der Waals surface area (Å²) in [4.78, 5) is 11.5. The highest BCUT2D eigenvalue weighted by Gasteiger charge is 2.18. The van der Waals surface area contributed by atoms with Crippen molar-refractivity contribution in [1.29, 1.82) is 0 Å². The third-order valence-corrected chi connectivity index (χ3v) is 2.26. The fraction of sp³-hybridized carbons (Fsp3) is 0.583. The van der Waals surface area contributed by atoms with Crippen LogP contribution in [-0.2, 0) is 9.53 Å². The van der Waals surface area contributed by atoms with Gasteiger partial charge < -0.3 is 9.15 Å². The summed E-state index contributed by atoms with van der Waals surface area (Å²) in [5, 5.41) is 0. The molecule has 0 radical (unpaired) electrons. The van der Waals surface area contributed by atoms with Crippen molar-refractivity contribution in [3.05, 3.63) is 24.2 Å². The summed E-state index contributed by atoms with van der Waals surface area (Å²) in [5.41, 5.74) is 0. The molecule has 0 N–H and O–H groups in total. The van der Waals surface area contributed by atoms with Crippen molar-refractivity contribution in [1.82, 2.24) is 0 Å².